The van der Waals surface area contributed by atoms with Gasteiger partial charge in [-0.15, -0.1) is 0 Å². The molecule has 4 bridgehead atoms. The molecule has 2 N–H and O–H groups in total. The van der Waals surface area contributed by atoms with Gasteiger partial charge >= 0.3 is 5.97 Å². The Hall–Kier alpha value is -1.14. The molecule has 1 heterocycles. The van der Waals surface area contributed by atoms with Gasteiger partial charge in [0, 0.05) is 19.6 Å². The average molecular weight is 350 g/mol. The van der Waals surface area contributed by atoms with Gasteiger partial charge in [-0.3, -0.25) is 14.5 Å². The summed E-state index contributed by atoms with van der Waals surface area (Å²) in [5.41, 5.74) is 0. The summed E-state index contributed by atoms with van der Waals surface area (Å²) in [7, 11) is 0. The largest absolute Gasteiger partial charge is 0.480 e. The lowest BCUT2D eigenvalue weighted by molar-refractivity contribution is -0.145. The van der Waals surface area contributed by atoms with E-state index in [0.29, 0.717) is 19.7 Å². The molecule has 5 aliphatic rings. The van der Waals surface area contributed by atoms with Crippen LogP contribution in [0.1, 0.15) is 38.5 Å². The lowest BCUT2D eigenvalue weighted by Crippen LogP contribution is -2.51. The third-order valence-electron chi connectivity index (χ3n) is 7.00. The number of carbonyl (C=O) groups excluding carboxylic acids is 1. The van der Waals surface area contributed by atoms with Crippen LogP contribution in [0.25, 0.3) is 0 Å². The highest BCUT2D eigenvalue weighted by molar-refractivity contribution is 5.81. The Bertz CT molecular complexity index is 496. The highest BCUT2D eigenvalue weighted by atomic mass is 16.5. The van der Waals surface area contributed by atoms with E-state index in [1.165, 1.54) is 32.1 Å². The van der Waals surface area contributed by atoms with Crippen LogP contribution < -0.4 is 5.32 Å². The molecule has 4 aliphatic carbocycles. The van der Waals surface area contributed by atoms with Crippen LogP contribution in [0.4, 0.5) is 0 Å². The molecule has 0 aromatic rings. The van der Waals surface area contributed by atoms with Crippen molar-refractivity contribution in [3.63, 3.8) is 0 Å². The molecular weight excluding hydrogens is 320 g/mol. The van der Waals surface area contributed by atoms with Gasteiger partial charge in [-0.25, -0.2) is 0 Å². The van der Waals surface area contributed by atoms with Crippen LogP contribution in [0.15, 0.2) is 0 Å². The summed E-state index contributed by atoms with van der Waals surface area (Å²) in [6.45, 7) is 2.06. The minimum atomic E-state index is -0.858. The molecule has 1 unspecified atom stereocenters. The van der Waals surface area contributed by atoms with Crippen molar-refractivity contribution in [3.05, 3.63) is 0 Å². The topological polar surface area (TPSA) is 78.9 Å². The van der Waals surface area contributed by atoms with E-state index in [2.05, 4.69) is 5.32 Å². The van der Waals surface area contributed by atoms with Gasteiger partial charge in [0.2, 0.25) is 5.91 Å². The average Bonchev–Trinajstić information content (AvgIpc) is 2.56. The molecule has 1 amide bonds. The highest BCUT2D eigenvalue weighted by Gasteiger charge is 2.47. The second-order valence-corrected chi connectivity index (χ2v) is 8.66. The standard InChI is InChI=1S/C19H30N2O4/c22-18(23)11-21-3-4-25-17(10-21)19(24)20-2-1-16-14-6-12-5-13(8-14)9-15(16)7-12/h12-17H,1-11H2,(H,20,24)(H,22,23). The molecule has 0 radical (unpaired) electrons. The molecule has 5 fully saturated rings. The van der Waals surface area contributed by atoms with Crippen LogP contribution in [0.2, 0.25) is 0 Å². The summed E-state index contributed by atoms with van der Waals surface area (Å²) in [4.78, 5) is 25.0. The molecule has 6 nitrogen and oxygen atoms in total. The van der Waals surface area contributed by atoms with E-state index >= 15 is 0 Å². The van der Waals surface area contributed by atoms with Crippen LogP contribution in [-0.4, -0.2) is 60.8 Å². The van der Waals surface area contributed by atoms with Gasteiger partial charge in [-0.2, -0.15) is 0 Å². The molecule has 1 aliphatic heterocycles. The number of morpholine rings is 1. The van der Waals surface area contributed by atoms with Crippen LogP contribution in [-0.2, 0) is 14.3 Å². The number of nitrogens with one attached hydrogen (secondary N) is 1. The second-order valence-electron chi connectivity index (χ2n) is 8.66. The quantitative estimate of drug-likeness (QED) is 0.756. The fraction of sp³-hybridized carbons (Fsp3) is 0.895. The number of aliphatic carboxylic acids is 1. The number of hydrogen-bond acceptors (Lipinski definition) is 4. The van der Waals surface area contributed by atoms with E-state index in [1.807, 2.05) is 0 Å². The molecule has 25 heavy (non-hydrogen) atoms. The van der Waals surface area contributed by atoms with E-state index in [9.17, 15) is 9.59 Å². The Labute approximate surface area is 149 Å². The first-order valence-corrected chi connectivity index (χ1v) is 9.92. The van der Waals surface area contributed by atoms with E-state index in [1.54, 1.807) is 4.90 Å². The third-order valence-corrected chi connectivity index (χ3v) is 7.00. The predicted molar refractivity (Wildman–Crippen MR) is 92.0 cm³/mol. The molecule has 1 saturated heterocycles. The van der Waals surface area contributed by atoms with Crippen molar-refractivity contribution in [1.82, 2.24) is 10.2 Å². The van der Waals surface area contributed by atoms with Crippen molar-refractivity contribution < 1.29 is 19.4 Å². The number of ether oxygens (including phenoxy) is 1. The zero-order valence-electron chi connectivity index (χ0n) is 14.9. The maximum atomic E-state index is 12.4. The zero-order chi connectivity index (χ0) is 17.4. The van der Waals surface area contributed by atoms with E-state index in [0.717, 1.165) is 42.6 Å². The molecule has 0 spiro atoms. The van der Waals surface area contributed by atoms with Crippen molar-refractivity contribution in [3.8, 4) is 0 Å². The van der Waals surface area contributed by atoms with E-state index in [4.69, 9.17) is 9.84 Å². The van der Waals surface area contributed by atoms with E-state index in [-0.39, 0.29) is 12.5 Å². The maximum Gasteiger partial charge on any atom is 0.317 e. The predicted octanol–water partition coefficient (Wildman–Crippen LogP) is 1.35. The molecule has 140 valence electrons. The number of hydrogen-bond donors (Lipinski definition) is 2. The van der Waals surface area contributed by atoms with Gasteiger partial charge in [-0.05, 0) is 68.1 Å². The minimum Gasteiger partial charge on any atom is -0.480 e. The first-order chi connectivity index (χ1) is 12.1. The fourth-order valence-corrected chi connectivity index (χ4v) is 6.18. The Morgan fingerprint density at radius 3 is 2.40 bits per heavy atom. The number of carboxylic acids is 1. The Balaban J connectivity index is 1.22. The van der Waals surface area contributed by atoms with Crippen LogP contribution in [0.3, 0.4) is 0 Å². The van der Waals surface area contributed by atoms with Crippen molar-refractivity contribution in [1.29, 1.82) is 0 Å². The van der Waals surface area contributed by atoms with Gasteiger partial charge in [0.15, 0.2) is 0 Å². The smallest absolute Gasteiger partial charge is 0.317 e. The summed E-state index contributed by atoms with van der Waals surface area (Å²) in [5, 5.41) is 11.9. The normalized spacial score (nSPS) is 40.2. The van der Waals surface area contributed by atoms with Crippen molar-refractivity contribution in [2.45, 2.75) is 44.6 Å². The Kier molecular flexibility index (Phi) is 5.00. The summed E-state index contributed by atoms with van der Waals surface area (Å²) in [5.74, 6) is 3.62. The number of carbonyl (C=O) groups is 2. The molecular formula is C19H30N2O4. The maximum absolute atomic E-state index is 12.4. The summed E-state index contributed by atoms with van der Waals surface area (Å²) < 4.78 is 5.54. The molecule has 4 saturated carbocycles. The molecule has 0 aromatic heterocycles. The summed E-state index contributed by atoms with van der Waals surface area (Å²) in [6, 6.07) is 0. The summed E-state index contributed by atoms with van der Waals surface area (Å²) in [6.07, 6.45) is 7.70. The van der Waals surface area contributed by atoms with Crippen LogP contribution >= 0.6 is 0 Å². The van der Waals surface area contributed by atoms with Crippen molar-refractivity contribution >= 4 is 11.9 Å². The minimum absolute atomic E-state index is 0.0269. The van der Waals surface area contributed by atoms with Gasteiger partial charge in [0.25, 0.3) is 0 Å². The lowest BCUT2D eigenvalue weighted by Gasteiger charge is -2.54. The molecule has 0 aromatic carbocycles. The number of amides is 1. The molecule has 6 heteroatoms. The first kappa shape index (κ1) is 17.3. The fourth-order valence-electron chi connectivity index (χ4n) is 6.18. The highest BCUT2D eigenvalue weighted by Crippen LogP contribution is 2.57. The van der Waals surface area contributed by atoms with Crippen molar-refractivity contribution in [2.75, 3.05) is 32.8 Å². The SMILES string of the molecule is O=C(O)CN1CCOC(C(=O)NCCC2C3CC4CC(C3)CC2C4)C1. The number of rotatable bonds is 6. The van der Waals surface area contributed by atoms with Gasteiger partial charge in [0.05, 0.1) is 13.2 Å². The van der Waals surface area contributed by atoms with Crippen LogP contribution in [0.5, 0.6) is 0 Å². The molecule has 5 rings (SSSR count). The zero-order valence-corrected chi connectivity index (χ0v) is 14.9. The first-order valence-electron chi connectivity index (χ1n) is 9.92. The Morgan fingerprint density at radius 1 is 1.08 bits per heavy atom. The van der Waals surface area contributed by atoms with Gasteiger partial charge in [-0.1, -0.05) is 0 Å². The van der Waals surface area contributed by atoms with Gasteiger partial charge < -0.3 is 15.2 Å². The van der Waals surface area contributed by atoms with Crippen LogP contribution in [0, 0.1) is 29.6 Å². The number of nitrogens with zero attached hydrogens (tertiary/aromatic N) is 1. The van der Waals surface area contributed by atoms with Gasteiger partial charge in [0.1, 0.15) is 6.10 Å². The monoisotopic (exact) mass is 350 g/mol. The number of carboxylic acid groups (broad SMARTS) is 1. The third kappa shape index (κ3) is 3.85. The van der Waals surface area contributed by atoms with E-state index < -0.39 is 12.1 Å². The second kappa shape index (κ2) is 7.23. The lowest BCUT2D eigenvalue weighted by atomic mass is 9.51. The van der Waals surface area contributed by atoms with Crippen molar-refractivity contribution in [2.24, 2.45) is 29.6 Å². The Morgan fingerprint density at radius 2 is 1.76 bits per heavy atom. The summed E-state index contributed by atoms with van der Waals surface area (Å²) >= 11 is 0. The molecule has 1 atom stereocenters.